The molecule has 0 amide bonds. The van der Waals surface area contributed by atoms with E-state index in [9.17, 15) is 9.59 Å². The van der Waals surface area contributed by atoms with E-state index in [4.69, 9.17) is 0 Å². The van der Waals surface area contributed by atoms with Gasteiger partial charge in [-0.25, -0.2) is 14.6 Å². The zero-order valence-electron chi connectivity index (χ0n) is 7.86. The summed E-state index contributed by atoms with van der Waals surface area (Å²) in [6.07, 6.45) is 0.790. The van der Waals surface area contributed by atoms with Gasteiger partial charge in [0.1, 0.15) is 4.88 Å². The molecule has 0 unspecified atom stereocenters. The third-order valence-electron chi connectivity index (χ3n) is 1.82. The van der Waals surface area contributed by atoms with Gasteiger partial charge in [-0.2, -0.15) is 0 Å². The second-order valence-corrected chi connectivity index (χ2v) is 4.64. The number of esters is 2. The molecule has 0 fully saturated rings. The number of nitrogens with zero attached hydrogens (tertiary/aromatic N) is 1. The Bertz CT molecular complexity index is 377. The molecule has 0 saturated carbocycles. The maximum atomic E-state index is 11.1. The molecule has 4 nitrogen and oxygen atoms in total. The molecular weight excluding hydrogens is 202 g/mol. The van der Waals surface area contributed by atoms with Gasteiger partial charge in [0.05, 0.1) is 5.01 Å². The molecule has 5 heteroatoms. The van der Waals surface area contributed by atoms with E-state index in [0.717, 1.165) is 11.4 Å². The van der Waals surface area contributed by atoms with E-state index in [-0.39, 0.29) is 5.69 Å². The number of aromatic nitrogens is 1. The lowest BCUT2D eigenvalue weighted by Gasteiger charge is -1.98. The highest BCUT2D eigenvalue weighted by Crippen LogP contribution is 2.27. The number of cyclic esters (lactones) is 2. The van der Waals surface area contributed by atoms with E-state index in [2.05, 4.69) is 23.6 Å². The Morgan fingerprint density at radius 2 is 2.07 bits per heavy atom. The fourth-order valence-electron chi connectivity index (χ4n) is 1.26. The summed E-state index contributed by atoms with van der Waals surface area (Å²) in [6.45, 7) is 4.12. The molecule has 14 heavy (non-hydrogen) atoms. The maximum absolute atomic E-state index is 11.1. The number of hydrogen-bond donors (Lipinski definition) is 0. The number of rotatable bonds is 2. The molecule has 1 aromatic heterocycles. The topological polar surface area (TPSA) is 56.3 Å². The zero-order valence-corrected chi connectivity index (χ0v) is 8.68. The van der Waals surface area contributed by atoms with Crippen LogP contribution in [0.2, 0.25) is 0 Å². The Morgan fingerprint density at radius 1 is 1.36 bits per heavy atom. The van der Waals surface area contributed by atoms with Crippen molar-refractivity contribution in [3.05, 3.63) is 15.6 Å². The number of fused-ring (bicyclic) bond motifs is 1. The molecule has 1 aliphatic rings. The molecule has 0 atom stereocenters. The van der Waals surface area contributed by atoms with E-state index < -0.39 is 11.9 Å². The first kappa shape index (κ1) is 9.33. The summed E-state index contributed by atoms with van der Waals surface area (Å²) in [5, 5.41) is 0.829. The van der Waals surface area contributed by atoms with Crippen molar-refractivity contribution in [1.29, 1.82) is 0 Å². The molecule has 0 aliphatic carbocycles. The molecule has 0 bridgehead atoms. The van der Waals surface area contributed by atoms with Crippen LogP contribution in [0.5, 0.6) is 0 Å². The van der Waals surface area contributed by atoms with Crippen molar-refractivity contribution in [2.24, 2.45) is 5.92 Å². The quantitative estimate of drug-likeness (QED) is 0.551. The van der Waals surface area contributed by atoms with E-state index in [0.29, 0.717) is 10.8 Å². The molecule has 0 N–H and O–H groups in total. The van der Waals surface area contributed by atoms with E-state index in [1.807, 2.05) is 0 Å². The lowest BCUT2D eigenvalue weighted by atomic mass is 10.1. The number of hydrogen-bond acceptors (Lipinski definition) is 5. The highest BCUT2D eigenvalue weighted by molar-refractivity contribution is 7.14. The summed E-state index contributed by atoms with van der Waals surface area (Å²) in [6, 6.07) is 0. The van der Waals surface area contributed by atoms with Crippen LogP contribution in [0.1, 0.15) is 39.0 Å². The van der Waals surface area contributed by atoms with Gasteiger partial charge < -0.3 is 4.74 Å². The monoisotopic (exact) mass is 211 g/mol. The van der Waals surface area contributed by atoms with Crippen LogP contribution in [0.25, 0.3) is 0 Å². The zero-order chi connectivity index (χ0) is 10.3. The summed E-state index contributed by atoms with van der Waals surface area (Å²) in [5.74, 6) is -0.707. The Labute approximate surface area is 84.9 Å². The molecule has 0 radical (unpaired) electrons. The van der Waals surface area contributed by atoms with Crippen molar-refractivity contribution >= 4 is 23.3 Å². The molecule has 1 aliphatic heterocycles. The first-order valence-corrected chi connectivity index (χ1v) is 5.15. The second kappa shape index (κ2) is 3.16. The third kappa shape index (κ3) is 1.43. The Hall–Kier alpha value is -1.23. The highest BCUT2D eigenvalue weighted by Gasteiger charge is 2.34. The lowest BCUT2D eigenvalue weighted by molar-refractivity contribution is 0.0442. The molecule has 0 spiro atoms. The van der Waals surface area contributed by atoms with Gasteiger partial charge in [0.2, 0.25) is 0 Å². The first-order valence-electron chi connectivity index (χ1n) is 4.34. The van der Waals surface area contributed by atoms with Crippen LogP contribution < -0.4 is 0 Å². The summed E-state index contributed by atoms with van der Waals surface area (Å²) in [7, 11) is 0. The second-order valence-electron chi connectivity index (χ2n) is 3.56. The van der Waals surface area contributed by atoms with Crippen molar-refractivity contribution in [2.45, 2.75) is 20.3 Å². The van der Waals surface area contributed by atoms with Gasteiger partial charge in [-0.15, -0.1) is 11.3 Å². The predicted octanol–water partition coefficient (Wildman–Crippen LogP) is 1.65. The SMILES string of the molecule is CC(C)Cc1nc2c(s1)C(=O)OC2=O. The van der Waals surface area contributed by atoms with E-state index in [1.54, 1.807) is 0 Å². The average Bonchev–Trinajstić information content (AvgIpc) is 2.55. The van der Waals surface area contributed by atoms with Crippen LogP contribution in [0, 0.1) is 5.92 Å². The molecule has 1 aromatic rings. The van der Waals surface area contributed by atoms with Crippen molar-refractivity contribution in [3.8, 4) is 0 Å². The fourth-order valence-corrected chi connectivity index (χ4v) is 2.40. The lowest BCUT2D eigenvalue weighted by Crippen LogP contribution is -2.01. The Balaban J connectivity index is 2.34. The summed E-state index contributed by atoms with van der Waals surface area (Å²) < 4.78 is 4.40. The number of thiazole rings is 1. The number of carbonyl (C=O) groups is 2. The summed E-state index contributed by atoms with van der Waals surface area (Å²) in [5.41, 5.74) is 0.190. The van der Waals surface area contributed by atoms with Crippen molar-refractivity contribution < 1.29 is 14.3 Å². The van der Waals surface area contributed by atoms with E-state index in [1.165, 1.54) is 11.3 Å². The van der Waals surface area contributed by atoms with E-state index >= 15 is 0 Å². The minimum Gasteiger partial charge on any atom is -0.384 e. The fraction of sp³-hybridized carbons (Fsp3) is 0.444. The predicted molar refractivity (Wildman–Crippen MR) is 50.4 cm³/mol. The van der Waals surface area contributed by atoms with Crippen LogP contribution in [0.15, 0.2) is 0 Å². The minimum atomic E-state index is -0.615. The average molecular weight is 211 g/mol. The summed E-state index contributed by atoms with van der Waals surface area (Å²) >= 11 is 1.26. The molecule has 2 heterocycles. The largest absolute Gasteiger partial charge is 0.384 e. The molecular formula is C9H9NO3S. The molecule has 0 aromatic carbocycles. The smallest absolute Gasteiger partial charge is 0.366 e. The van der Waals surface area contributed by atoms with Gasteiger partial charge >= 0.3 is 11.9 Å². The molecule has 74 valence electrons. The third-order valence-corrected chi connectivity index (χ3v) is 2.88. The van der Waals surface area contributed by atoms with Crippen LogP contribution in [-0.2, 0) is 11.2 Å². The maximum Gasteiger partial charge on any atom is 0.366 e. The van der Waals surface area contributed by atoms with Crippen LogP contribution in [0.4, 0.5) is 0 Å². The van der Waals surface area contributed by atoms with Crippen molar-refractivity contribution in [1.82, 2.24) is 4.98 Å². The van der Waals surface area contributed by atoms with Gasteiger partial charge in [-0.3, -0.25) is 0 Å². The van der Waals surface area contributed by atoms with Crippen LogP contribution in [-0.4, -0.2) is 16.9 Å². The van der Waals surface area contributed by atoms with Crippen LogP contribution in [0.3, 0.4) is 0 Å². The van der Waals surface area contributed by atoms with Gasteiger partial charge in [0.25, 0.3) is 0 Å². The molecule has 2 rings (SSSR count). The van der Waals surface area contributed by atoms with Crippen LogP contribution >= 0.6 is 11.3 Å². The number of ether oxygens (including phenoxy) is 1. The standard InChI is InChI=1S/C9H9NO3S/c1-4(2)3-5-10-6-7(14-5)9(12)13-8(6)11/h4H,3H2,1-2H3. The highest BCUT2D eigenvalue weighted by atomic mass is 32.1. The normalized spacial score (nSPS) is 14.8. The van der Waals surface area contributed by atoms with Gasteiger partial charge in [-0.1, -0.05) is 13.8 Å². The minimum absolute atomic E-state index is 0.190. The Morgan fingerprint density at radius 3 is 2.64 bits per heavy atom. The number of carbonyl (C=O) groups excluding carboxylic acids is 2. The van der Waals surface area contributed by atoms with Gasteiger partial charge in [0, 0.05) is 6.42 Å². The van der Waals surface area contributed by atoms with Gasteiger partial charge in [-0.05, 0) is 5.92 Å². The van der Waals surface area contributed by atoms with Crippen molar-refractivity contribution in [2.75, 3.05) is 0 Å². The summed E-state index contributed by atoms with van der Waals surface area (Å²) in [4.78, 5) is 26.6. The Kier molecular flexibility index (Phi) is 2.11. The van der Waals surface area contributed by atoms with Gasteiger partial charge in [0.15, 0.2) is 5.69 Å². The molecule has 0 saturated heterocycles. The first-order chi connectivity index (χ1) is 6.58. The van der Waals surface area contributed by atoms with Crippen molar-refractivity contribution in [3.63, 3.8) is 0 Å².